The fourth-order valence-corrected chi connectivity index (χ4v) is 1.96. The third-order valence-electron chi connectivity index (χ3n) is 2.74. The first-order valence-electron chi connectivity index (χ1n) is 5.57. The number of benzene rings is 2. The van der Waals surface area contributed by atoms with E-state index in [1.165, 1.54) is 18.0 Å². The molecule has 0 atom stereocenters. The lowest BCUT2D eigenvalue weighted by molar-refractivity contribution is 0.406. The molecule has 96 valence electrons. The Morgan fingerprint density at radius 2 is 1.89 bits per heavy atom. The van der Waals surface area contributed by atoms with Crippen LogP contribution in [-0.2, 0) is 0 Å². The van der Waals surface area contributed by atoms with Crippen LogP contribution in [-0.4, -0.2) is 27.2 Å². The Morgan fingerprint density at radius 3 is 2.63 bits per heavy atom. The number of aromatic hydroxyl groups is 1. The van der Waals surface area contributed by atoms with Gasteiger partial charge in [0.15, 0.2) is 0 Å². The average Bonchev–Trinajstić information content (AvgIpc) is 2.81. The normalized spacial score (nSPS) is 10.8. The van der Waals surface area contributed by atoms with Crippen molar-refractivity contribution >= 4 is 22.6 Å². The van der Waals surface area contributed by atoms with E-state index >= 15 is 0 Å². The Kier molecular flexibility index (Phi) is 2.76. The lowest BCUT2D eigenvalue weighted by Gasteiger charge is -2.05. The molecule has 1 N–H and O–H groups in total. The van der Waals surface area contributed by atoms with Crippen molar-refractivity contribution in [2.75, 3.05) is 7.11 Å². The molecule has 3 aromatic rings. The molecule has 0 radical (unpaired) electrons. The molecule has 0 aliphatic carbocycles. The number of hydrogen-bond donors (Lipinski definition) is 1. The fourth-order valence-electron chi connectivity index (χ4n) is 1.79. The van der Waals surface area contributed by atoms with Crippen molar-refractivity contribution in [1.82, 2.24) is 15.0 Å². The third kappa shape index (κ3) is 2.08. The van der Waals surface area contributed by atoms with Crippen LogP contribution in [0.2, 0.25) is 5.02 Å². The van der Waals surface area contributed by atoms with E-state index in [9.17, 15) is 5.11 Å². The van der Waals surface area contributed by atoms with Crippen LogP contribution < -0.4 is 4.74 Å². The predicted molar refractivity (Wildman–Crippen MR) is 72.1 cm³/mol. The Bertz CT molecular complexity index is 755. The highest BCUT2D eigenvalue weighted by Gasteiger charge is 2.09. The van der Waals surface area contributed by atoms with Crippen molar-refractivity contribution in [2.24, 2.45) is 0 Å². The zero-order valence-electron chi connectivity index (χ0n) is 10.0. The lowest BCUT2D eigenvalue weighted by Crippen LogP contribution is -1.99. The van der Waals surface area contributed by atoms with Crippen molar-refractivity contribution in [1.29, 1.82) is 0 Å². The van der Waals surface area contributed by atoms with E-state index in [0.717, 1.165) is 0 Å². The summed E-state index contributed by atoms with van der Waals surface area (Å²) in [6, 6.07) is 10.2. The molecule has 0 amide bonds. The number of hydrogen-bond acceptors (Lipinski definition) is 4. The van der Waals surface area contributed by atoms with E-state index in [2.05, 4.69) is 10.2 Å². The Labute approximate surface area is 114 Å². The predicted octanol–water partition coefficient (Wildman–Crippen LogP) is 2.79. The van der Waals surface area contributed by atoms with Gasteiger partial charge in [0.05, 0.1) is 7.11 Å². The maximum atomic E-state index is 9.95. The van der Waals surface area contributed by atoms with Gasteiger partial charge in [-0.3, -0.25) is 0 Å². The highest BCUT2D eigenvalue weighted by atomic mass is 35.5. The molecule has 0 spiro atoms. The molecule has 0 saturated heterocycles. The molecule has 0 fully saturated rings. The van der Waals surface area contributed by atoms with E-state index in [4.69, 9.17) is 16.3 Å². The molecule has 2 aromatic carbocycles. The summed E-state index contributed by atoms with van der Waals surface area (Å²) in [5, 5.41) is 19.1. The molecule has 6 heteroatoms. The molecule has 3 rings (SSSR count). The standard InChI is InChI=1S/C13H10ClN3O2/c1-19-9-3-5-12(13(18)7-9)17-15-10-4-2-8(14)6-11(10)16-17/h2-7,18H,1H3. The van der Waals surface area contributed by atoms with Gasteiger partial charge in [0, 0.05) is 11.1 Å². The molecule has 19 heavy (non-hydrogen) atoms. The van der Waals surface area contributed by atoms with Crippen molar-refractivity contribution in [2.45, 2.75) is 0 Å². The van der Waals surface area contributed by atoms with Gasteiger partial charge < -0.3 is 9.84 Å². The summed E-state index contributed by atoms with van der Waals surface area (Å²) < 4.78 is 5.03. The smallest absolute Gasteiger partial charge is 0.146 e. The minimum Gasteiger partial charge on any atom is -0.505 e. The van der Waals surface area contributed by atoms with Gasteiger partial charge in [0.1, 0.15) is 28.2 Å². The summed E-state index contributed by atoms with van der Waals surface area (Å²) in [7, 11) is 1.54. The minimum atomic E-state index is 0.0470. The Balaban J connectivity index is 2.13. The van der Waals surface area contributed by atoms with Crippen LogP contribution in [0.4, 0.5) is 0 Å². The average molecular weight is 276 g/mol. The first kappa shape index (κ1) is 11.8. The van der Waals surface area contributed by atoms with Crippen LogP contribution >= 0.6 is 11.6 Å². The topological polar surface area (TPSA) is 60.2 Å². The molecule has 0 saturated carbocycles. The van der Waals surface area contributed by atoms with Gasteiger partial charge in [-0.15, -0.1) is 15.0 Å². The van der Waals surface area contributed by atoms with E-state index in [0.29, 0.717) is 27.5 Å². The summed E-state index contributed by atoms with van der Waals surface area (Å²) in [6.45, 7) is 0. The quantitative estimate of drug-likeness (QED) is 0.781. The monoisotopic (exact) mass is 275 g/mol. The second-order valence-electron chi connectivity index (χ2n) is 3.98. The van der Waals surface area contributed by atoms with Gasteiger partial charge in [-0.05, 0) is 30.3 Å². The number of fused-ring (bicyclic) bond motifs is 1. The molecule has 1 aromatic heterocycles. The lowest BCUT2D eigenvalue weighted by atomic mass is 10.3. The number of phenols is 1. The second-order valence-corrected chi connectivity index (χ2v) is 4.41. The summed E-state index contributed by atoms with van der Waals surface area (Å²) in [5.41, 5.74) is 1.86. The molecule has 0 unspecified atom stereocenters. The van der Waals surface area contributed by atoms with Crippen molar-refractivity contribution in [3.63, 3.8) is 0 Å². The van der Waals surface area contributed by atoms with Gasteiger partial charge in [-0.25, -0.2) is 0 Å². The highest BCUT2D eigenvalue weighted by molar-refractivity contribution is 6.31. The summed E-state index contributed by atoms with van der Waals surface area (Å²) >= 11 is 5.90. The van der Waals surface area contributed by atoms with Crippen molar-refractivity contribution < 1.29 is 9.84 Å². The van der Waals surface area contributed by atoms with E-state index < -0.39 is 0 Å². The highest BCUT2D eigenvalue weighted by Crippen LogP contribution is 2.26. The molecular weight excluding hydrogens is 266 g/mol. The number of methoxy groups -OCH3 is 1. The zero-order chi connectivity index (χ0) is 13.4. The van der Waals surface area contributed by atoms with E-state index in [1.54, 1.807) is 30.3 Å². The van der Waals surface area contributed by atoms with Crippen molar-refractivity contribution in [3.8, 4) is 17.2 Å². The van der Waals surface area contributed by atoms with Crippen molar-refractivity contribution in [3.05, 3.63) is 41.4 Å². The van der Waals surface area contributed by atoms with Crippen LogP contribution in [0, 0.1) is 0 Å². The van der Waals surface area contributed by atoms with E-state index in [-0.39, 0.29) is 5.75 Å². The summed E-state index contributed by atoms with van der Waals surface area (Å²) in [4.78, 5) is 1.37. The van der Waals surface area contributed by atoms with Crippen LogP contribution in [0.1, 0.15) is 0 Å². The second kappa shape index (κ2) is 4.44. The Hall–Kier alpha value is -2.27. The van der Waals surface area contributed by atoms with Gasteiger partial charge in [0.2, 0.25) is 0 Å². The van der Waals surface area contributed by atoms with Gasteiger partial charge in [0.25, 0.3) is 0 Å². The van der Waals surface area contributed by atoms with Crippen LogP contribution in [0.3, 0.4) is 0 Å². The van der Waals surface area contributed by atoms with Gasteiger partial charge in [-0.1, -0.05) is 11.6 Å². The molecule has 0 aliphatic rings. The number of ether oxygens (including phenoxy) is 1. The van der Waals surface area contributed by atoms with Gasteiger partial charge in [-0.2, -0.15) is 0 Å². The van der Waals surface area contributed by atoms with Gasteiger partial charge >= 0.3 is 0 Å². The number of nitrogens with zero attached hydrogens (tertiary/aromatic N) is 3. The molecule has 0 bridgehead atoms. The summed E-state index contributed by atoms with van der Waals surface area (Å²) in [6.07, 6.45) is 0. The number of rotatable bonds is 2. The SMILES string of the molecule is COc1ccc(-n2nc3ccc(Cl)cc3n2)c(O)c1. The largest absolute Gasteiger partial charge is 0.505 e. The van der Waals surface area contributed by atoms with E-state index in [1.807, 2.05) is 0 Å². The molecule has 5 nitrogen and oxygen atoms in total. The van der Waals surface area contributed by atoms with Crippen LogP contribution in [0.5, 0.6) is 11.5 Å². The van der Waals surface area contributed by atoms with Crippen LogP contribution in [0.25, 0.3) is 16.7 Å². The number of phenolic OH excluding ortho intramolecular Hbond substituents is 1. The maximum Gasteiger partial charge on any atom is 0.146 e. The molecule has 1 heterocycles. The first-order chi connectivity index (χ1) is 9.17. The fraction of sp³-hybridized carbons (Fsp3) is 0.0769. The minimum absolute atomic E-state index is 0.0470. The molecular formula is C13H10ClN3O2. The zero-order valence-corrected chi connectivity index (χ0v) is 10.8. The number of aromatic nitrogens is 3. The molecule has 0 aliphatic heterocycles. The van der Waals surface area contributed by atoms with Crippen LogP contribution in [0.15, 0.2) is 36.4 Å². The maximum absolute atomic E-state index is 9.95. The first-order valence-corrected chi connectivity index (χ1v) is 5.95. The summed E-state index contributed by atoms with van der Waals surface area (Å²) in [5.74, 6) is 0.617. The number of halogens is 1. The third-order valence-corrected chi connectivity index (χ3v) is 2.98. The Morgan fingerprint density at radius 1 is 1.11 bits per heavy atom.